The highest BCUT2D eigenvalue weighted by Gasteiger charge is 2.36. The standard InChI is InChI=1S/C31H30N2O4/c1-20(34)32-27-7-3-2-5-24(27)23-9-10-25-29(17-23)37-31-26(6-4-8-28(31)35)30(25)22-11-14-33(15-12-22)18-21-13-16-36-19-21/h2-10,13,16-17,19,22,30,35H,11-12,14-15,18H2,1H3,(H,32,34). The molecule has 0 aliphatic carbocycles. The van der Waals surface area contributed by atoms with E-state index in [4.69, 9.17) is 9.15 Å². The van der Waals surface area contributed by atoms with E-state index in [0.717, 1.165) is 66.2 Å². The summed E-state index contributed by atoms with van der Waals surface area (Å²) in [5, 5.41) is 13.7. The van der Waals surface area contributed by atoms with Crippen molar-refractivity contribution in [2.45, 2.75) is 32.2 Å². The Bertz CT molecular complexity index is 1420. The van der Waals surface area contributed by atoms with E-state index in [-0.39, 0.29) is 17.6 Å². The first-order chi connectivity index (χ1) is 18.1. The predicted octanol–water partition coefficient (Wildman–Crippen LogP) is 6.76. The minimum Gasteiger partial charge on any atom is -0.504 e. The number of hydrogen-bond donors (Lipinski definition) is 2. The number of likely N-dealkylation sites (tertiary alicyclic amines) is 1. The topological polar surface area (TPSA) is 74.9 Å². The number of hydrogen-bond acceptors (Lipinski definition) is 5. The SMILES string of the molecule is CC(=O)Nc1ccccc1-c1ccc2c(c1)Oc1c(O)cccc1C2C1CCN(Cc2ccoc2)CC1. The van der Waals surface area contributed by atoms with Gasteiger partial charge in [-0.1, -0.05) is 42.5 Å². The average Bonchev–Trinajstić information content (AvgIpc) is 3.41. The van der Waals surface area contributed by atoms with Gasteiger partial charge in [0.05, 0.1) is 12.5 Å². The highest BCUT2D eigenvalue weighted by molar-refractivity contribution is 5.94. The molecule has 6 nitrogen and oxygen atoms in total. The van der Waals surface area contributed by atoms with Crippen LogP contribution >= 0.6 is 0 Å². The second-order valence-corrected chi connectivity index (χ2v) is 10.00. The first kappa shape index (κ1) is 23.4. The van der Waals surface area contributed by atoms with Crippen molar-refractivity contribution in [3.05, 3.63) is 95.9 Å². The molecule has 3 heterocycles. The predicted molar refractivity (Wildman–Crippen MR) is 143 cm³/mol. The highest BCUT2D eigenvalue weighted by atomic mass is 16.5. The van der Waals surface area contributed by atoms with Crippen molar-refractivity contribution in [1.82, 2.24) is 4.90 Å². The smallest absolute Gasteiger partial charge is 0.221 e. The Labute approximate surface area is 216 Å². The summed E-state index contributed by atoms with van der Waals surface area (Å²) in [7, 11) is 0. The van der Waals surface area contributed by atoms with E-state index in [1.165, 1.54) is 12.5 Å². The van der Waals surface area contributed by atoms with E-state index in [2.05, 4.69) is 28.4 Å². The van der Waals surface area contributed by atoms with Crippen molar-refractivity contribution in [3.8, 4) is 28.4 Å². The molecule has 0 saturated carbocycles. The molecule has 1 atom stereocenters. The lowest BCUT2D eigenvalue weighted by Crippen LogP contribution is -2.35. The van der Waals surface area contributed by atoms with Gasteiger partial charge in [-0.05, 0) is 61.7 Å². The Morgan fingerprint density at radius 2 is 1.86 bits per heavy atom. The van der Waals surface area contributed by atoms with E-state index in [0.29, 0.717) is 11.7 Å². The van der Waals surface area contributed by atoms with Crippen LogP contribution in [0.5, 0.6) is 17.2 Å². The first-order valence-corrected chi connectivity index (χ1v) is 12.8. The van der Waals surface area contributed by atoms with Gasteiger partial charge in [-0.3, -0.25) is 9.69 Å². The normalized spacial score (nSPS) is 17.5. The molecule has 1 fully saturated rings. The fraction of sp³-hybridized carbons (Fsp3) is 0.258. The number of aromatic hydroxyl groups is 1. The molecule has 1 aromatic heterocycles. The molecule has 2 aliphatic heterocycles. The Morgan fingerprint density at radius 1 is 1.03 bits per heavy atom. The molecule has 0 spiro atoms. The molecule has 37 heavy (non-hydrogen) atoms. The summed E-state index contributed by atoms with van der Waals surface area (Å²) in [6.07, 6.45) is 5.67. The zero-order valence-electron chi connectivity index (χ0n) is 20.8. The number of furan rings is 1. The van der Waals surface area contributed by atoms with Gasteiger partial charge in [-0.15, -0.1) is 0 Å². The molecule has 4 aromatic rings. The number of nitrogens with zero attached hydrogens (tertiary/aromatic N) is 1. The Balaban J connectivity index is 1.33. The van der Waals surface area contributed by atoms with E-state index in [1.54, 1.807) is 12.3 Å². The lowest BCUT2D eigenvalue weighted by molar-refractivity contribution is -0.114. The zero-order valence-corrected chi connectivity index (χ0v) is 20.8. The van der Waals surface area contributed by atoms with Gasteiger partial charge in [0.25, 0.3) is 0 Å². The van der Waals surface area contributed by atoms with Crippen molar-refractivity contribution >= 4 is 11.6 Å². The maximum Gasteiger partial charge on any atom is 0.221 e. The van der Waals surface area contributed by atoms with E-state index >= 15 is 0 Å². The van der Waals surface area contributed by atoms with Crippen LogP contribution in [-0.4, -0.2) is 29.0 Å². The van der Waals surface area contributed by atoms with Gasteiger partial charge in [0.2, 0.25) is 5.91 Å². The number of fused-ring (bicyclic) bond motifs is 2. The van der Waals surface area contributed by atoms with Crippen LogP contribution in [0.1, 0.15) is 42.4 Å². The second kappa shape index (κ2) is 9.79. The average molecular weight is 495 g/mol. The summed E-state index contributed by atoms with van der Waals surface area (Å²) in [4.78, 5) is 14.2. The maximum atomic E-state index is 11.8. The largest absolute Gasteiger partial charge is 0.504 e. The van der Waals surface area contributed by atoms with Gasteiger partial charge in [0.1, 0.15) is 5.75 Å². The van der Waals surface area contributed by atoms with Gasteiger partial charge in [0, 0.05) is 47.3 Å². The summed E-state index contributed by atoms with van der Waals surface area (Å²) in [5.74, 6) is 1.93. The van der Waals surface area contributed by atoms with Crippen molar-refractivity contribution < 1.29 is 19.1 Å². The van der Waals surface area contributed by atoms with Crippen molar-refractivity contribution in [2.24, 2.45) is 5.92 Å². The fourth-order valence-corrected chi connectivity index (χ4v) is 5.85. The molecule has 2 aliphatic rings. The summed E-state index contributed by atoms with van der Waals surface area (Å²) >= 11 is 0. The third-order valence-electron chi connectivity index (χ3n) is 7.56. The molecule has 6 rings (SSSR count). The number of carbonyl (C=O) groups is 1. The van der Waals surface area contributed by atoms with Gasteiger partial charge < -0.3 is 19.6 Å². The summed E-state index contributed by atoms with van der Waals surface area (Å²) in [6.45, 7) is 4.44. The van der Waals surface area contributed by atoms with E-state index in [9.17, 15) is 9.90 Å². The lowest BCUT2D eigenvalue weighted by atomic mass is 9.74. The van der Waals surface area contributed by atoms with E-state index < -0.39 is 0 Å². The number of benzene rings is 3. The minimum absolute atomic E-state index is 0.111. The number of phenols is 1. The van der Waals surface area contributed by atoms with Crippen LogP contribution in [-0.2, 0) is 11.3 Å². The Kier molecular flexibility index (Phi) is 6.18. The monoisotopic (exact) mass is 494 g/mol. The maximum absolute atomic E-state index is 11.8. The van der Waals surface area contributed by atoms with Gasteiger partial charge >= 0.3 is 0 Å². The number of ether oxygens (including phenoxy) is 1. The zero-order chi connectivity index (χ0) is 25.4. The highest BCUT2D eigenvalue weighted by Crippen LogP contribution is 2.53. The van der Waals surface area contributed by atoms with Crippen LogP contribution < -0.4 is 10.1 Å². The van der Waals surface area contributed by atoms with Crippen molar-refractivity contribution in [2.75, 3.05) is 18.4 Å². The Hall–Kier alpha value is -4.03. The van der Waals surface area contributed by atoms with E-state index in [1.807, 2.05) is 48.7 Å². The van der Waals surface area contributed by atoms with Crippen LogP contribution in [0.3, 0.4) is 0 Å². The fourth-order valence-electron chi connectivity index (χ4n) is 5.85. The molecular weight excluding hydrogens is 464 g/mol. The van der Waals surface area contributed by atoms with Crippen LogP contribution in [0.2, 0.25) is 0 Å². The molecular formula is C31H30N2O4. The van der Waals surface area contributed by atoms with Crippen molar-refractivity contribution in [1.29, 1.82) is 0 Å². The molecule has 2 N–H and O–H groups in total. The molecule has 0 bridgehead atoms. The summed E-state index contributed by atoms with van der Waals surface area (Å²) < 4.78 is 11.6. The molecule has 0 radical (unpaired) electrons. The number of piperidine rings is 1. The van der Waals surface area contributed by atoms with Crippen LogP contribution in [0.15, 0.2) is 83.7 Å². The van der Waals surface area contributed by atoms with Crippen LogP contribution in [0.25, 0.3) is 11.1 Å². The minimum atomic E-state index is -0.111. The second-order valence-electron chi connectivity index (χ2n) is 10.00. The number of para-hydroxylation sites is 2. The van der Waals surface area contributed by atoms with Gasteiger partial charge in [-0.25, -0.2) is 0 Å². The number of anilines is 1. The number of amides is 1. The molecule has 1 saturated heterocycles. The quantitative estimate of drug-likeness (QED) is 0.321. The molecule has 3 aromatic carbocycles. The summed E-state index contributed by atoms with van der Waals surface area (Å²) in [6, 6.07) is 21.8. The molecule has 1 amide bonds. The van der Waals surface area contributed by atoms with Gasteiger partial charge in [0.15, 0.2) is 11.5 Å². The third kappa shape index (κ3) is 4.60. The molecule has 6 heteroatoms. The van der Waals surface area contributed by atoms with Crippen molar-refractivity contribution in [3.63, 3.8) is 0 Å². The summed E-state index contributed by atoms with van der Waals surface area (Å²) in [5.41, 5.74) is 6.04. The molecule has 188 valence electrons. The molecule has 1 unspecified atom stereocenters. The van der Waals surface area contributed by atoms with Crippen LogP contribution in [0, 0.1) is 5.92 Å². The number of rotatable bonds is 5. The third-order valence-corrected chi connectivity index (χ3v) is 7.56. The number of phenolic OH excluding ortho intramolecular Hbond substituents is 1. The number of carbonyl (C=O) groups excluding carboxylic acids is 1. The lowest BCUT2D eigenvalue weighted by Gasteiger charge is -2.39. The van der Waals surface area contributed by atoms with Crippen LogP contribution in [0.4, 0.5) is 5.69 Å². The first-order valence-electron chi connectivity index (χ1n) is 12.8. The number of nitrogens with one attached hydrogen (secondary N) is 1. The Morgan fingerprint density at radius 3 is 2.65 bits per heavy atom. The van der Waals surface area contributed by atoms with Gasteiger partial charge in [-0.2, -0.15) is 0 Å².